The summed E-state index contributed by atoms with van der Waals surface area (Å²) in [4.78, 5) is 11.5. The Kier molecular flexibility index (Phi) is 6.73. The number of rotatable bonds is 5. The molecule has 6 nitrogen and oxygen atoms in total. The number of aliphatic hydroxyl groups is 1. The van der Waals surface area contributed by atoms with Crippen LogP contribution in [0.15, 0.2) is 11.2 Å². The quantitative estimate of drug-likeness (QED) is 0.600. The van der Waals surface area contributed by atoms with E-state index in [2.05, 4.69) is 5.32 Å². The van der Waals surface area contributed by atoms with E-state index in [1.807, 2.05) is 6.07 Å². The minimum Gasteiger partial charge on any atom is -0.508 e. The molecule has 114 valence electrons. The molecule has 0 aromatic carbocycles. The van der Waals surface area contributed by atoms with E-state index in [0.717, 1.165) is 0 Å². The van der Waals surface area contributed by atoms with Crippen LogP contribution in [-0.2, 0) is 18.9 Å². The smallest absolute Gasteiger partial charge is 0.408 e. The predicted molar refractivity (Wildman–Crippen MR) is 78.6 cm³/mol. The van der Waals surface area contributed by atoms with Crippen molar-refractivity contribution in [2.45, 2.75) is 45.3 Å². The van der Waals surface area contributed by atoms with Gasteiger partial charge in [0, 0.05) is 6.42 Å². The van der Waals surface area contributed by atoms with Gasteiger partial charge in [0.1, 0.15) is 39.8 Å². The van der Waals surface area contributed by atoms with Crippen LogP contribution >= 0.6 is 0 Å². The van der Waals surface area contributed by atoms with Gasteiger partial charge in [-0.25, -0.2) is 4.79 Å². The molecular weight excluding hydrogens is 280 g/mol. The van der Waals surface area contributed by atoms with Crippen molar-refractivity contribution in [3.63, 3.8) is 0 Å². The number of allylic oxidation sites excluding steroid dienone is 1. The third-order valence-electron chi connectivity index (χ3n) is 1.96. The van der Waals surface area contributed by atoms with Gasteiger partial charge in [0.15, 0.2) is 5.41 Å². The normalized spacial score (nSPS) is 14.3. The number of carbonyl (C=O) groups excluding carboxylic acids is 1. The Morgan fingerprint density at radius 1 is 1.50 bits per heavy atom. The zero-order valence-electron chi connectivity index (χ0n) is 12.6. The molecule has 1 amide bonds. The van der Waals surface area contributed by atoms with Gasteiger partial charge in [-0.3, -0.25) is 0 Å². The maximum atomic E-state index is 11.5. The molecule has 0 aromatic rings. The van der Waals surface area contributed by atoms with Crippen molar-refractivity contribution in [1.82, 2.24) is 5.32 Å². The SMILES string of the molecule is CC(C)(C)OC(=O)N[C@H](C#N)CC/C(O)=C/[S+](C)(C)=O. The van der Waals surface area contributed by atoms with E-state index in [9.17, 15) is 14.1 Å². The lowest BCUT2D eigenvalue weighted by atomic mass is 10.1. The number of alkyl carbamates (subject to hydrolysis) is 1. The van der Waals surface area contributed by atoms with Crippen molar-refractivity contribution in [3.8, 4) is 6.07 Å². The fourth-order valence-corrected chi connectivity index (χ4v) is 2.07. The zero-order valence-corrected chi connectivity index (χ0v) is 13.4. The van der Waals surface area contributed by atoms with Crippen molar-refractivity contribution >= 4 is 16.0 Å². The maximum Gasteiger partial charge on any atom is 0.408 e. The molecule has 20 heavy (non-hydrogen) atoms. The summed E-state index contributed by atoms with van der Waals surface area (Å²) in [6, 6.07) is 1.14. The summed E-state index contributed by atoms with van der Waals surface area (Å²) in [6.45, 7) is 5.17. The van der Waals surface area contributed by atoms with E-state index in [4.69, 9.17) is 10.00 Å². The number of nitrogens with one attached hydrogen (secondary N) is 1. The average molecular weight is 303 g/mol. The molecule has 0 bridgehead atoms. The van der Waals surface area contributed by atoms with Crippen LogP contribution in [0.5, 0.6) is 0 Å². The van der Waals surface area contributed by atoms with E-state index in [-0.39, 0.29) is 18.6 Å². The monoisotopic (exact) mass is 303 g/mol. The lowest BCUT2D eigenvalue weighted by Crippen LogP contribution is -2.38. The molecule has 0 aliphatic carbocycles. The lowest BCUT2D eigenvalue weighted by molar-refractivity contribution is 0.0513. The van der Waals surface area contributed by atoms with Crippen LogP contribution in [0.4, 0.5) is 4.79 Å². The van der Waals surface area contributed by atoms with Crippen LogP contribution < -0.4 is 5.32 Å². The standard InChI is InChI=1S/C13H22N2O4S/c1-13(2,3)19-12(17)15-10(8-14)6-7-11(16)9-20(4,5)18/h9-10H,6-7H2,1-5H3,(H-,15,16,17,18)/p+1/t10-/m0/s1. The van der Waals surface area contributed by atoms with Crippen LogP contribution in [-0.4, -0.2) is 35.4 Å². The number of hydrogen-bond acceptors (Lipinski definition) is 5. The Labute approximate surface area is 121 Å². The van der Waals surface area contributed by atoms with Crippen molar-refractivity contribution in [2.24, 2.45) is 0 Å². The van der Waals surface area contributed by atoms with Gasteiger partial charge < -0.3 is 15.2 Å². The van der Waals surface area contributed by atoms with Gasteiger partial charge in [0.05, 0.1) is 6.07 Å². The number of nitriles is 1. The Hall–Kier alpha value is -1.55. The number of hydrogen-bond donors (Lipinski definition) is 2. The fourth-order valence-electron chi connectivity index (χ4n) is 1.30. The Bertz CT molecular complexity index is 454. The summed E-state index contributed by atoms with van der Waals surface area (Å²) < 4.78 is 16.5. The van der Waals surface area contributed by atoms with Gasteiger partial charge >= 0.3 is 6.09 Å². The van der Waals surface area contributed by atoms with Crippen LogP contribution in [0.3, 0.4) is 0 Å². The first-order chi connectivity index (χ1) is 8.93. The zero-order chi connectivity index (χ0) is 16.0. The van der Waals surface area contributed by atoms with Crippen LogP contribution in [0.1, 0.15) is 33.6 Å². The molecule has 0 rings (SSSR count). The molecule has 0 aliphatic heterocycles. The molecule has 2 N–H and O–H groups in total. The summed E-state index contributed by atoms with van der Waals surface area (Å²) >= 11 is 0. The molecule has 0 fully saturated rings. The van der Waals surface area contributed by atoms with Crippen LogP contribution in [0.2, 0.25) is 0 Å². The first-order valence-electron chi connectivity index (χ1n) is 6.16. The molecule has 0 saturated carbocycles. The van der Waals surface area contributed by atoms with E-state index in [0.29, 0.717) is 0 Å². The molecule has 0 spiro atoms. The largest absolute Gasteiger partial charge is 0.508 e. The number of amides is 1. The summed E-state index contributed by atoms with van der Waals surface area (Å²) in [5.74, 6) is -0.0498. The van der Waals surface area contributed by atoms with Crippen LogP contribution in [0, 0.1) is 11.3 Å². The molecule has 0 saturated heterocycles. The van der Waals surface area contributed by atoms with E-state index >= 15 is 0 Å². The summed E-state index contributed by atoms with van der Waals surface area (Å²) in [5.41, 5.74) is -0.637. The second kappa shape index (κ2) is 7.29. The van der Waals surface area contributed by atoms with Gasteiger partial charge in [0.25, 0.3) is 0 Å². The predicted octanol–water partition coefficient (Wildman–Crippen LogP) is 2.34. The maximum absolute atomic E-state index is 11.5. The summed E-state index contributed by atoms with van der Waals surface area (Å²) in [6.07, 6.45) is 2.70. The minimum absolute atomic E-state index is 0.0498. The van der Waals surface area contributed by atoms with Gasteiger partial charge in [-0.1, -0.05) is 0 Å². The molecule has 0 aliphatic rings. The van der Waals surface area contributed by atoms with Crippen molar-refractivity contribution < 1.29 is 18.8 Å². The molecule has 0 heterocycles. The number of ether oxygens (including phenoxy) is 1. The van der Waals surface area contributed by atoms with E-state index in [1.165, 1.54) is 17.9 Å². The third-order valence-corrected chi connectivity index (χ3v) is 2.80. The number of nitrogens with zero attached hydrogens (tertiary/aromatic N) is 1. The topological polar surface area (TPSA) is 99.4 Å². The van der Waals surface area contributed by atoms with Crippen LogP contribution in [0.25, 0.3) is 0 Å². The highest BCUT2D eigenvalue weighted by Crippen LogP contribution is 2.10. The van der Waals surface area contributed by atoms with Gasteiger partial charge in [0.2, 0.25) is 0 Å². The van der Waals surface area contributed by atoms with Gasteiger partial charge in [-0.15, -0.1) is 4.21 Å². The Morgan fingerprint density at radius 3 is 2.45 bits per heavy atom. The second-order valence-corrected chi connectivity index (χ2v) is 8.64. The van der Waals surface area contributed by atoms with E-state index < -0.39 is 27.7 Å². The average Bonchev–Trinajstić information content (AvgIpc) is 2.18. The van der Waals surface area contributed by atoms with Crippen molar-refractivity contribution in [1.29, 1.82) is 5.26 Å². The van der Waals surface area contributed by atoms with Gasteiger partial charge in [-0.2, -0.15) is 5.26 Å². The van der Waals surface area contributed by atoms with Crippen molar-refractivity contribution in [3.05, 3.63) is 11.2 Å². The fraction of sp³-hybridized carbons (Fsp3) is 0.692. The molecule has 1 atom stereocenters. The highest BCUT2D eigenvalue weighted by molar-refractivity contribution is 8.04. The highest BCUT2D eigenvalue weighted by atomic mass is 32.2. The minimum atomic E-state index is -2.18. The molecule has 0 radical (unpaired) electrons. The van der Waals surface area contributed by atoms with Crippen molar-refractivity contribution in [2.75, 3.05) is 12.5 Å². The second-order valence-electron chi connectivity index (χ2n) is 5.78. The summed E-state index contributed by atoms with van der Waals surface area (Å²) in [7, 11) is -2.18. The molecule has 0 aromatic heterocycles. The molecule has 7 heteroatoms. The number of carbonyl (C=O) groups is 1. The van der Waals surface area contributed by atoms with Gasteiger partial charge in [-0.05, 0) is 27.2 Å². The first-order valence-corrected chi connectivity index (χ1v) is 8.59. The molecular formula is C13H23N2O4S+. The molecule has 0 unspecified atom stereocenters. The van der Waals surface area contributed by atoms with E-state index in [1.54, 1.807) is 20.8 Å². The summed E-state index contributed by atoms with van der Waals surface area (Å²) in [5, 5.41) is 22.2. The lowest BCUT2D eigenvalue weighted by Gasteiger charge is -2.21. The Morgan fingerprint density at radius 2 is 2.05 bits per heavy atom. The number of aliphatic hydroxyl groups excluding tert-OH is 1. The Balaban J connectivity index is 4.39. The highest BCUT2D eigenvalue weighted by Gasteiger charge is 2.20. The third kappa shape index (κ3) is 10.4. The first kappa shape index (κ1) is 18.4.